The number of nitrogens with zero attached hydrogens (tertiary/aromatic N) is 3. The molecular weight excluding hydrogens is 428 g/mol. The molecule has 2 aliphatic rings. The first kappa shape index (κ1) is 24.2. The van der Waals surface area contributed by atoms with Crippen molar-refractivity contribution in [1.82, 2.24) is 20.0 Å². The number of piperazine rings is 1. The predicted molar refractivity (Wildman–Crippen MR) is 133 cm³/mol. The van der Waals surface area contributed by atoms with Crippen molar-refractivity contribution >= 4 is 11.9 Å². The van der Waals surface area contributed by atoms with Crippen molar-refractivity contribution in [1.29, 1.82) is 0 Å². The van der Waals surface area contributed by atoms with Gasteiger partial charge in [0.2, 0.25) is 0 Å². The predicted octanol–water partition coefficient (Wildman–Crippen LogP) is 3.27. The third-order valence-corrected chi connectivity index (χ3v) is 6.50. The van der Waals surface area contributed by atoms with Crippen LogP contribution in [0.15, 0.2) is 48.5 Å². The normalized spacial score (nSPS) is 21.4. The summed E-state index contributed by atoms with van der Waals surface area (Å²) in [5.41, 5.74) is 4.24. The second-order valence-electron chi connectivity index (χ2n) is 9.58. The van der Waals surface area contributed by atoms with Gasteiger partial charge >= 0.3 is 6.03 Å². The molecule has 0 saturated carbocycles. The first-order valence-corrected chi connectivity index (χ1v) is 12.2. The highest BCUT2D eigenvalue weighted by atomic mass is 16.5. The van der Waals surface area contributed by atoms with E-state index in [4.69, 9.17) is 4.74 Å². The van der Waals surface area contributed by atoms with Crippen LogP contribution in [0.25, 0.3) is 0 Å². The average Bonchev–Trinajstić information content (AvgIpc) is 2.82. The van der Waals surface area contributed by atoms with Crippen LogP contribution >= 0.6 is 0 Å². The van der Waals surface area contributed by atoms with Crippen LogP contribution in [0.5, 0.6) is 0 Å². The summed E-state index contributed by atoms with van der Waals surface area (Å²) in [6.45, 7) is 11.9. The van der Waals surface area contributed by atoms with E-state index in [2.05, 4.69) is 41.4 Å². The van der Waals surface area contributed by atoms with E-state index in [1.54, 1.807) is 0 Å². The van der Waals surface area contributed by atoms with Crippen LogP contribution in [0.4, 0.5) is 4.79 Å². The van der Waals surface area contributed by atoms with E-state index >= 15 is 0 Å². The maximum absolute atomic E-state index is 12.8. The molecule has 182 valence electrons. The summed E-state index contributed by atoms with van der Waals surface area (Å²) in [7, 11) is 0. The Morgan fingerprint density at radius 1 is 0.912 bits per heavy atom. The smallest absolute Gasteiger partial charge is 0.317 e. The zero-order chi connectivity index (χ0) is 24.1. The van der Waals surface area contributed by atoms with E-state index < -0.39 is 0 Å². The van der Waals surface area contributed by atoms with Gasteiger partial charge in [-0.3, -0.25) is 9.69 Å². The minimum absolute atomic E-state index is 0.0288. The van der Waals surface area contributed by atoms with Gasteiger partial charge in [-0.05, 0) is 44.0 Å². The molecule has 0 bridgehead atoms. The molecule has 2 atom stereocenters. The molecule has 2 aliphatic heterocycles. The number of carbonyl (C=O) groups excluding carboxylic acids is 2. The first-order valence-electron chi connectivity index (χ1n) is 12.2. The highest BCUT2D eigenvalue weighted by Crippen LogP contribution is 2.15. The van der Waals surface area contributed by atoms with Crippen LogP contribution in [0, 0.1) is 6.92 Å². The van der Waals surface area contributed by atoms with E-state index in [0.29, 0.717) is 25.2 Å². The number of hydrogen-bond donors (Lipinski definition) is 1. The summed E-state index contributed by atoms with van der Waals surface area (Å²) in [5.74, 6) is 0.0288. The molecule has 0 radical (unpaired) electrons. The van der Waals surface area contributed by atoms with Gasteiger partial charge in [0.05, 0.1) is 12.2 Å². The summed E-state index contributed by atoms with van der Waals surface area (Å²) in [6, 6.07) is 16.1. The van der Waals surface area contributed by atoms with Gasteiger partial charge in [0.25, 0.3) is 5.91 Å². The van der Waals surface area contributed by atoms with Crippen molar-refractivity contribution < 1.29 is 14.3 Å². The largest absolute Gasteiger partial charge is 0.372 e. The summed E-state index contributed by atoms with van der Waals surface area (Å²) in [5, 5.41) is 3.02. The number of amides is 3. The number of benzene rings is 2. The zero-order valence-electron chi connectivity index (χ0n) is 20.5. The van der Waals surface area contributed by atoms with Gasteiger partial charge in [-0.15, -0.1) is 0 Å². The minimum Gasteiger partial charge on any atom is -0.372 e. The fourth-order valence-corrected chi connectivity index (χ4v) is 4.76. The van der Waals surface area contributed by atoms with Gasteiger partial charge < -0.3 is 19.9 Å². The molecule has 4 rings (SSSR count). The SMILES string of the molecule is Cc1cccc(CN2CCN(C(=O)NCc3ccc(C(=O)N4CC(C)OC(C)C4)cc3)CC2)c1. The fraction of sp³-hybridized carbons (Fsp3) is 0.481. The Balaban J connectivity index is 1.21. The molecule has 2 saturated heterocycles. The Kier molecular flexibility index (Phi) is 7.85. The van der Waals surface area contributed by atoms with Crippen molar-refractivity contribution in [2.75, 3.05) is 39.3 Å². The van der Waals surface area contributed by atoms with Gasteiger partial charge in [0, 0.05) is 57.9 Å². The van der Waals surface area contributed by atoms with E-state index in [9.17, 15) is 9.59 Å². The second kappa shape index (κ2) is 11.0. The molecule has 2 aromatic carbocycles. The topological polar surface area (TPSA) is 65.1 Å². The number of aryl methyl sites for hydroxylation is 1. The van der Waals surface area contributed by atoms with Crippen molar-refractivity contribution in [2.45, 2.75) is 46.1 Å². The summed E-state index contributed by atoms with van der Waals surface area (Å²) >= 11 is 0. The molecule has 2 fully saturated rings. The van der Waals surface area contributed by atoms with Crippen LogP contribution in [0.1, 0.15) is 40.9 Å². The van der Waals surface area contributed by atoms with E-state index in [-0.39, 0.29) is 24.1 Å². The van der Waals surface area contributed by atoms with Crippen molar-refractivity contribution in [3.63, 3.8) is 0 Å². The van der Waals surface area contributed by atoms with Crippen LogP contribution in [-0.2, 0) is 17.8 Å². The first-order chi connectivity index (χ1) is 16.4. The van der Waals surface area contributed by atoms with Crippen LogP contribution < -0.4 is 5.32 Å². The van der Waals surface area contributed by atoms with Crippen LogP contribution in [-0.4, -0.2) is 78.1 Å². The molecule has 2 aromatic rings. The van der Waals surface area contributed by atoms with Crippen LogP contribution in [0.2, 0.25) is 0 Å². The average molecular weight is 465 g/mol. The van der Waals surface area contributed by atoms with Crippen molar-refractivity contribution in [3.05, 3.63) is 70.8 Å². The van der Waals surface area contributed by atoms with Gasteiger partial charge in [0.1, 0.15) is 0 Å². The van der Waals surface area contributed by atoms with E-state index in [1.165, 1.54) is 11.1 Å². The number of nitrogens with one attached hydrogen (secondary N) is 1. The van der Waals surface area contributed by atoms with E-state index in [1.807, 2.05) is 47.9 Å². The maximum Gasteiger partial charge on any atom is 0.317 e. The molecule has 7 nitrogen and oxygen atoms in total. The third kappa shape index (κ3) is 6.36. The van der Waals surface area contributed by atoms with Crippen molar-refractivity contribution in [2.24, 2.45) is 0 Å². The molecular formula is C27H36N4O3. The third-order valence-electron chi connectivity index (χ3n) is 6.50. The molecule has 0 aromatic heterocycles. The second-order valence-corrected chi connectivity index (χ2v) is 9.58. The molecule has 2 unspecified atom stereocenters. The molecule has 3 amide bonds. The Morgan fingerprint density at radius 3 is 2.24 bits per heavy atom. The molecule has 34 heavy (non-hydrogen) atoms. The number of ether oxygens (including phenoxy) is 1. The number of carbonyl (C=O) groups is 2. The highest BCUT2D eigenvalue weighted by Gasteiger charge is 2.26. The number of morpholine rings is 1. The van der Waals surface area contributed by atoms with Gasteiger partial charge in [0.15, 0.2) is 0 Å². The molecule has 7 heteroatoms. The van der Waals surface area contributed by atoms with Gasteiger partial charge in [-0.2, -0.15) is 0 Å². The summed E-state index contributed by atoms with van der Waals surface area (Å²) < 4.78 is 5.72. The number of hydrogen-bond acceptors (Lipinski definition) is 4. The number of urea groups is 1. The monoisotopic (exact) mass is 464 g/mol. The summed E-state index contributed by atoms with van der Waals surface area (Å²) in [6.07, 6.45) is 0.0955. The lowest BCUT2D eigenvalue weighted by Gasteiger charge is -2.35. The van der Waals surface area contributed by atoms with Gasteiger partial charge in [-0.25, -0.2) is 4.79 Å². The lowest BCUT2D eigenvalue weighted by molar-refractivity contribution is -0.0586. The Bertz CT molecular complexity index is 976. The minimum atomic E-state index is -0.0355. The quantitative estimate of drug-likeness (QED) is 0.738. The lowest BCUT2D eigenvalue weighted by Crippen LogP contribution is -2.51. The maximum atomic E-state index is 12.8. The van der Waals surface area contributed by atoms with Gasteiger partial charge in [-0.1, -0.05) is 42.0 Å². The Hall–Kier alpha value is -2.90. The Morgan fingerprint density at radius 2 is 1.59 bits per heavy atom. The molecule has 2 heterocycles. The molecule has 0 aliphatic carbocycles. The zero-order valence-corrected chi connectivity index (χ0v) is 20.5. The summed E-state index contributed by atoms with van der Waals surface area (Å²) in [4.78, 5) is 31.6. The van der Waals surface area contributed by atoms with Crippen molar-refractivity contribution in [3.8, 4) is 0 Å². The fourth-order valence-electron chi connectivity index (χ4n) is 4.76. The van der Waals surface area contributed by atoms with E-state index in [0.717, 1.165) is 38.3 Å². The highest BCUT2D eigenvalue weighted by molar-refractivity contribution is 5.94. The lowest BCUT2D eigenvalue weighted by atomic mass is 10.1. The standard InChI is InChI=1S/C27H36N4O3/c1-20-5-4-6-24(15-20)19-29-11-13-30(14-12-29)27(33)28-16-23-7-9-25(10-8-23)26(32)31-17-21(2)34-22(3)18-31/h4-10,15,21-22H,11-14,16-19H2,1-3H3,(H,28,33). The Labute approximate surface area is 202 Å². The molecule has 1 N–H and O–H groups in total. The van der Waals surface area contributed by atoms with Crippen LogP contribution in [0.3, 0.4) is 0 Å². The molecule has 0 spiro atoms. The number of rotatable bonds is 5.